The van der Waals surface area contributed by atoms with Crippen LogP contribution < -0.4 is 5.32 Å². The van der Waals surface area contributed by atoms with Crippen molar-refractivity contribution in [2.45, 2.75) is 103 Å². The zero-order valence-electron chi connectivity index (χ0n) is 14.1. The first kappa shape index (κ1) is 20.8. The second-order valence-corrected chi connectivity index (χ2v) is 6.49. The summed E-state index contributed by atoms with van der Waals surface area (Å²) in [7, 11) is 0. The van der Waals surface area contributed by atoms with Gasteiger partial charge in [0, 0.05) is 6.54 Å². The van der Waals surface area contributed by atoms with Gasteiger partial charge >= 0.3 is 5.37 Å². The molecule has 0 saturated heterocycles. The Labute approximate surface area is 137 Å². The molecule has 1 amide bonds. The lowest BCUT2D eigenvalue weighted by Gasteiger charge is -2.03. The summed E-state index contributed by atoms with van der Waals surface area (Å²) in [6.07, 6.45) is 20.5. The van der Waals surface area contributed by atoms with Gasteiger partial charge in [0.25, 0.3) is 0 Å². The zero-order chi connectivity index (χ0) is 15.6. The topological polar surface area (TPSA) is 29.1 Å². The molecule has 0 heterocycles. The monoisotopic (exact) mass is 317 g/mol. The lowest BCUT2D eigenvalue weighted by atomic mass is 10.0. The molecule has 0 fully saturated rings. The predicted octanol–water partition coefficient (Wildman–Crippen LogP) is 6.81. The van der Waals surface area contributed by atoms with E-state index in [1.807, 2.05) is 0 Å². The molecular weight excluding hydrogens is 282 g/mol. The van der Waals surface area contributed by atoms with E-state index in [9.17, 15) is 4.79 Å². The number of unbranched alkanes of at least 4 members (excludes halogenated alkanes) is 14. The Balaban J connectivity index is 2.95. The highest BCUT2D eigenvalue weighted by Crippen LogP contribution is 2.13. The first-order valence-electron chi connectivity index (χ1n) is 9.20. The van der Waals surface area contributed by atoms with E-state index in [-0.39, 0.29) is 0 Å². The molecule has 0 aliphatic carbocycles. The van der Waals surface area contributed by atoms with E-state index in [4.69, 9.17) is 11.6 Å². The van der Waals surface area contributed by atoms with Gasteiger partial charge in [-0.25, -0.2) is 0 Å². The third-order valence-corrected chi connectivity index (χ3v) is 4.18. The SMILES string of the molecule is CCCCCCCCCCCCCCCCCNC(=O)Cl. The predicted molar refractivity (Wildman–Crippen MR) is 94.2 cm³/mol. The van der Waals surface area contributed by atoms with Gasteiger partial charge in [-0.3, -0.25) is 4.79 Å². The van der Waals surface area contributed by atoms with Crippen LogP contribution in [-0.2, 0) is 0 Å². The fourth-order valence-corrected chi connectivity index (χ4v) is 2.78. The lowest BCUT2D eigenvalue weighted by molar-refractivity contribution is 0.259. The average Bonchev–Trinajstić information content (AvgIpc) is 2.46. The highest BCUT2D eigenvalue weighted by Gasteiger charge is 1.95. The van der Waals surface area contributed by atoms with Gasteiger partial charge in [-0.1, -0.05) is 96.8 Å². The van der Waals surface area contributed by atoms with Gasteiger partial charge in [0.15, 0.2) is 0 Å². The zero-order valence-corrected chi connectivity index (χ0v) is 14.9. The molecule has 0 unspecified atom stereocenters. The largest absolute Gasteiger partial charge is 0.343 e. The third-order valence-electron chi connectivity index (χ3n) is 4.04. The third kappa shape index (κ3) is 19.8. The molecular formula is C18H36ClNO. The second kappa shape index (κ2) is 17.8. The van der Waals surface area contributed by atoms with Crippen LogP contribution >= 0.6 is 11.6 Å². The minimum Gasteiger partial charge on any atom is -0.343 e. The van der Waals surface area contributed by atoms with Gasteiger partial charge in [0.1, 0.15) is 0 Å². The molecule has 126 valence electrons. The van der Waals surface area contributed by atoms with Crippen LogP contribution in [0, 0.1) is 0 Å². The van der Waals surface area contributed by atoms with Crippen LogP contribution in [-0.4, -0.2) is 11.9 Å². The molecule has 0 bridgehead atoms. The van der Waals surface area contributed by atoms with Crippen LogP contribution in [0.3, 0.4) is 0 Å². The van der Waals surface area contributed by atoms with Gasteiger partial charge in [0.2, 0.25) is 0 Å². The minimum atomic E-state index is -0.430. The number of hydrogen-bond donors (Lipinski definition) is 1. The molecule has 0 saturated carbocycles. The maximum atomic E-state index is 10.4. The number of hydrogen-bond acceptors (Lipinski definition) is 1. The average molecular weight is 318 g/mol. The lowest BCUT2D eigenvalue weighted by Crippen LogP contribution is -2.17. The van der Waals surface area contributed by atoms with Crippen LogP contribution in [0.4, 0.5) is 4.79 Å². The van der Waals surface area contributed by atoms with Crippen molar-refractivity contribution >= 4 is 17.0 Å². The van der Waals surface area contributed by atoms with Crippen LogP contribution in [0.25, 0.3) is 0 Å². The van der Waals surface area contributed by atoms with E-state index < -0.39 is 5.37 Å². The van der Waals surface area contributed by atoms with Gasteiger partial charge < -0.3 is 5.32 Å². The minimum absolute atomic E-state index is 0.430. The molecule has 0 aromatic heterocycles. The summed E-state index contributed by atoms with van der Waals surface area (Å²) in [6.45, 7) is 3.00. The first-order valence-corrected chi connectivity index (χ1v) is 9.58. The first-order chi connectivity index (χ1) is 10.3. The molecule has 0 aromatic rings. The summed E-state index contributed by atoms with van der Waals surface area (Å²) in [5.74, 6) is 0. The highest BCUT2D eigenvalue weighted by atomic mass is 35.5. The van der Waals surface area contributed by atoms with E-state index in [0.717, 1.165) is 13.0 Å². The van der Waals surface area contributed by atoms with Crippen molar-refractivity contribution in [1.29, 1.82) is 0 Å². The van der Waals surface area contributed by atoms with Crippen LogP contribution in [0.15, 0.2) is 0 Å². The Morgan fingerprint density at radius 1 is 0.667 bits per heavy atom. The number of halogens is 1. The van der Waals surface area contributed by atoms with Gasteiger partial charge in [-0.15, -0.1) is 0 Å². The van der Waals surface area contributed by atoms with Crippen molar-refractivity contribution in [2.75, 3.05) is 6.54 Å². The molecule has 2 nitrogen and oxygen atoms in total. The molecule has 3 heteroatoms. The summed E-state index contributed by atoms with van der Waals surface area (Å²) in [5.41, 5.74) is 0. The normalized spacial score (nSPS) is 10.8. The summed E-state index contributed by atoms with van der Waals surface area (Å²) >= 11 is 5.19. The number of carbonyl (C=O) groups excluding carboxylic acids is 1. The molecule has 0 spiro atoms. The summed E-state index contributed by atoms with van der Waals surface area (Å²) < 4.78 is 0. The van der Waals surface area contributed by atoms with Crippen molar-refractivity contribution in [2.24, 2.45) is 0 Å². The van der Waals surface area contributed by atoms with E-state index >= 15 is 0 Å². The number of rotatable bonds is 16. The molecule has 0 aromatic carbocycles. The van der Waals surface area contributed by atoms with Crippen LogP contribution in [0.1, 0.15) is 103 Å². The standard InChI is InChI=1S/C18H36ClNO/c1-2-3-4-5-6-7-8-9-10-11-12-13-14-15-16-17-20-18(19)21/h2-17H2,1H3,(H,20,21). The Bertz CT molecular complexity index is 221. The maximum Gasteiger partial charge on any atom is 0.313 e. The molecule has 0 aliphatic rings. The van der Waals surface area contributed by atoms with Crippen LogP contribution in [0.5, 0.6) is 0 Å². The quantitative estimate of drug-likeness (QED) is 0.189. The summed E-state index contributed by atoms with van der Waals surface area (Å²) in [6, 6.07) is 0. The fourth-order valence-electron chi connectivity index (χ4n) is 2.68. The van der Waals surface area contributed by atoms with E-state index in [0.29, 0.717) is 0 Å². The molecule has 21 heavy (non-hydrogen) atoms. The Morgan fingerprint density at radius 2 is 1.00 bits per heavy atom. The Hall–Kier alpha value is -0.240. The Kier molecular flexibility index (Phi) is 17.6. The fraction of sp³-hybridized carbons (Fsp3) is 0.944. The van der Waals surface area contributed by atoms with Gasteiger partial charge in [-0.2, -0.15) is 0 Å². The highest BCUT2D eigenvalue weighted by molar-refractivity contribution is 6.62. The van der Waals surface area contributed by atoms with E-state index in [1.54, 1.807) is 0 Å². The van der Waals surface area contributed by atoms with Crippen molar-refractivity contribution in [3.05, 3.63) is 0 Å². The van der Waals surface area contributed by atoms with Gasteiger partial charge in [-0.05, 0) is 18.0 Å². The molecule has 0 radical (unpaired) electrons. The number of amides is 1. The van der Waals surface area contributed by atoms with Gasteiger partial charge in [0.05, 0.1) is 0 Å². The summed E-state index contributed by atoms with van der Waals surface area (Å²) in [4.78, 5) is 10.4. The van der Waals surface area contributed by atoms with Crippen LogP contribution in [0.2, 0.25) is 0 Å². The smallest absolute Gasteiger partial charge is 0.313 e. The molecule has 0 aliphatic heterocycles. The summed E-state index contributed by atoms with van der Waals surface area (Å²) in [5, 5.41) is 2.19. The van der Waals surface area contributed by atoms with E-state index in [2.05, 4.69) is 12.2 Å². The number of nitrogens with one attached hydrogen (secondary N) is 1. The van der Waals surface area contributed by atoms with Crippen molar-refractivity contribution in [3.8, 4) is 0 Å². The Morgan fingerprint density at radius 3 is 1.33 bits per heavy atom. The van der Waals surface area contributed by atoms with Crippen molar-refractivity contribution in [1.82, 2.24) is 5.32 Å². The molecule has 1 N–H and O–H groups in total. The molecule has 0 atom stereocenters. The molecule has 0 rings (SSSR count). The van der Waals surface area contributed by atoms with Crippen molar-refractivity contribution in [3.63, 3.8) is 0 Å². The maximum absolute atomic E-state index is 10.4. The second-order valence-electron chi connectivity index (χ2n) is 6.15. The van der Waals surface area contributed by atoms with Crippen molar-refractivity contribution < 1.29 is 4.79 Å². The van der Waals surface area contributed by atoms with E-state index in [1.165, 1.54) is 89.9 Å². The number of carbonyl (C=O) groups is 1.